The Labute approximate surface area is 266 Å². The van der Waals surface area contributed by atoms with Crippen LogP contribution in [0.25, 0.3) is 6.08 Å². The number of anilines is 1. The third-order valence-corrected chi connectivity index (χ3v) is 8.73. The summed E-state index contributed by atoms with van der Waals surface area (Å²) in [6.07, 6.45) is 1.83. The van der Waals surface area contributed by atoms with Gasteiger partial charge in [-0.3, -0.25) is 14.2 Å². The largest absolute Gasteiger partial charge is 0.497 e. The Bertz CT molecular complexity index is 2050. The van der Waals surface area contributed by atoms with Gasteiger partial charge < -0.3 is 14.8 Å². The molecule has 5 aromatic rings. The molecule has 1 aromatic heterocycles. The van der Waals surface area contributed by atoms with Crippen molar-refractivity contribution >= 4 is 44.9 Å². The Morgan fingerprint density at radius 2 is 1.75 bits per heavy atom. The second-order valence-corrected chi connectivity index (χ2v) is 12.1. The van der Waals surface area contributed by atoms with Crippen LogP contribution in [0.15, 0.2) is 129 Å². The highest BCUT2D eigenvalue weighted by atomic mass is 79.9. The molecule has 0 radical (unpaired) electrons. The summed E-state index contributed by atoms with van der Waals surface area (Å²) < 4.78 is 14.7. The molecule has 1 N–H and O–H groups in total. The number of benzene rings is 4. The van der Waals surface area contributed by atoms with E-state index in [4.69, 9.17) is 14.5 Å². The van der Waals surface area contributed by atoms with Gasteiger partial charge in [0.2, 0.25) is 0 Å². The van der Waals surface area contributed by atoms with Gasteiger partial charge in [0, 0.05) is 15.7 Å². The first kappa shape index (κ1) is 29.3. The molecule has 220 valence electrons. The Morgan fingerprint density at radius 3 is 2.52 bits per heavy atom. The van der Waals surface area contributed by atoms with Gasteiger partial charge in [-0.2, -0.15) is 0 Å². The predicted molar refractivity (Wildman–Crippen MR) is 177 cm³/mol. The van der Waals surface area contributed by atoms with Gasteiger partial charge in [0.25, 0.3) is 11.5 Å². The van der Waals surface area contributed by atoms with Crippen LogP contribution >= 0.6 is 27.3 Å². The standard InChI is InChI=1S/C35H28BrN3O4S/c1-22-31(33(40)38-27-11-4-3-5-12-27)32(25-10-8-13-28(19-25)42-2)39-34(41)30(44-35(39)37-22)20-24-9-6-7-14-29(24)43-21-23-15-17-26(36)18-16-23/h3-20,32H,21H2,1-2H3,(H,38,40)/b30-20-/t32-/m0/s1. The fourth-order valence-electron chi connectivity index (χ4n) is 5.07. The second-order valence-electron chi connectivity index (χ2n) is 10.1. The van der Waals surface area contributed by atoms with Gasteiger partial charge in [-0.25, -0.2) is 4.99 Å². The minimum atomic E-state index is -0.712. The molecule has 0 aliphatic carbocycles. The summed E-state index contributed by atoms with van der Waals surface area (Å²) in [5, 5.41) is 2.98. The number of fused-ring (bicyclic) bond motifs is 1. The summed E-state index contributed by atoms with van der Waals surface area (Å²) in [6, 6.07) is 31.5. The molecule has 2 heterocycles. The Morgan fingerprint density at radius 1 is 1.00 bits per heavy atom. The molecule has 9 heteroatoms. The van der Waals surface area contributed by atoms with Crippen LogP contribution in [0.4, 0.5) is 5.69 Å². The van der Waals surface area contributed by atoms with Crippen LogP contribution in [0.2, 0.25) is 0 Å². The maximum absolute atomic E-state index is 14.2. The number of carbonyl (C=O) groups is 1. The summed E-state index contributed by atoms with van der Waals surface area (Å²) in [4.78, 5) is 33.2. The lowest BCUT2D eigenvalue weighted by Crippen LogP contribution is -2.40. The van der Waals surface area contributed by atoms with Crippen LogP contribution in [0.3, 0.4) is 0 Å². The number of halogens is 1. The van der Waals surface area contributed by atoms with E-state index in [2.05, 4.69) is 21.2 Å². The number of hydrogen-bond acceptors (Lipinski definition) is 6. The van der Waals surface area contributed by atoms with E-state index in [1.54, 1.807) is 18.6 Å². The molecular formula is C35H28BrN3O4S. The zero-order valence-electron chi connectivity index (χ0n) is 24.0. The van der Waals surface area contributed by atoms with Gasteiger partial charge in [0.1, 0.15) is 18.1 Å². The van der Waals surface area contributed by atoms with E-state index in [1.165, 1.54) is 11.3 Å². The SMILES string of the molecule is COc1cccc([C@H]2C(C(=O)Nc3ccccc3)=C(C)N=c3s/c(=C\c4ccccc4OCc4ccc(Br)cc4)c(=O)n32)c1. The molecule has 0 fully saturated rings. The molecule has 0 bridgehead atoms. The van der Waals surface area contributed by atoms with E-state index in [0.717, 1.165) is 21.2 Å². The number of allylic oxidation sites excluding steroid dienone is 1. The Kier molecular flexibility index (Phi) is 8.58. The first-order valence-electron chi connectivity index (χ1n) is 13.9. The van der Waals surface area contributed by atoms with Crippen LogP contribution in [-0.4, -0.2) is 17.6 Å². The molecule has 1 aliphatic rings. The molecule has 0 unspecified atom stereocenters. The van der Waals surface area contributed by atoms with Crippen molar-refractivity contribution in [2.45, 2.75) is 19.6 Å². The van der Waals surface area contributed by atoms with Crippen molar-refractivity contribution in [1.82, 2.24) is 4.57 Å². The number of aromatic nitrogens is 1. The van der Waals surface area contributed by atoms with Crippen molar-refractivity contribution in [3.05, 3.63) is 155 Å². The zero-order valence-corrected chi connectivity index (χ0v) is 26.4. The monoisotopic (exact) mass is 665 g/mol. The number of nitrogens with one attached hydrogen (secondary N) is 1. The number of para-hydroxylation sites is 2. The molecule has 44 heavy (non-hydrogen) atoms. The molecule has 0 saturated heterocycles. The minimum absolute atomic E-state index is 0.248. The number of methoxy groups -OCH3 is 1. The van der Waals surface area contributed by atoms with Crippen LogP contribution in [-0.2, 0) is 11.4 Å². The van der Waals surface area contributed by atoms with Crippen molar-refractivity contribution < 1.29 is 14.3 Å². The van der Waals surface area contributed by atoms with Crippen LogP contribution < -0.4 is 29.7 Å². The van der Waals surface area contributed by atoms with Crippen LogP contribution in [0.5, 0.6) is 11.5 Å². The van der Waals surface area contributed by atoms with Gasteiger partial charge in [0.15, 0.2) is 4.80 Å². The molecule has 7 nitrogen and oxygen atoms in total. The maximum atomic E-state index is 14.2. The lowest BCUT2D eigenvalue weighted by atomic mass is 9.95. The average molecular weight is 667 g/mol. The van der Waals surface area contributed by atoms with E-state index >= 15 is 0 Å². The van der Waals surface area contributed by atoms with Gasteiger partial charge in [-0.1, -0.05) is 87.9 Å². The number of nitrogens with zero attached hydrogens (tertiary/aromatic N) is 2. The molecule has 6 rings (SSSR count). The molecule has 1 aliphatic heterocycles. The quantitative estimate of drug-likeness (QED) is 0.213. The van der Waals surface area contributed by atoms with Crippen molar-refractivity contribution in [3.8, 4) is 11.5 Å². The highest BCUT2D eigenvalue weighted by Crippen LogP contribution is 2.32. The lowest BCUT2D eigenvalue weighted by Gasteiger charge is -2.25. The molecular weight excluding hydrogens is 638 g/mol. The number of carbonyl (C=O) groups excluding carboxylic acids is 1. The van der Waals surface area contributed by atoms with Gasteiger partial charge in [-0.05, 0) is 66.6 Å². The number of ether oxygens (including phenoxy) is 2. The fraction of sp³-hybridized carbons (Fsp3) is 0.114. The van der Waals surface area contributed by atoms with Gasteiger partial charge in [0.05, 0.1) is 29.0 Å². The van der Waals surface area contributed by atoms with E-state index in [9.17, 15) is 9.59 Å². The second kappa shape index (κ2) is 12.9. The summed E-state index contributed by atoms with van der Waals surface area (Å²) >= 11 is 4.74. The van der Waals surface area contributed by atoms with E-state index in [-0.39, 0.29) is 11.5 Å². The first-order valence-corrected chi connectivity index (χ1v) is 15.5. The van der Waals surface area contributed by atoms with Crippen molar-refractivity contribution in [2.75, 3.05) is 12.4 Å². The summed E-state index contributed by atoms with van der Waals surface area (Å²) in [7, 11) is 1.59. The molecule has 4 aromatic carbocycles. The van der Waals surface area contributed by atoms with Crippen molar-refractivity contribution in [3.63, 3.8) is 0 Å². The first-order chi connectivity index (χ1) is 21.4. The fourth-order valence-corrected chi connectivity index (χ4v) is 6.37. The molecule has 0 spiro atoms. The van der Waals surface area contributed by atoms with Crippen LogP contribution in [0.1, 0.15) is 29.7 Å². The highest BCUT2D eigenvalue weighted by molar-refractivity contribution is 9.10. The van der Waals surface area contributed by atoms with Gasteiger partial charge >= 0.3 is 0 Å². The number of thiazole rings is 1. The highest BCUT2D eigenvalue weighted by Gasteiger charge is 2.32. The summed E-state index contributed by atoms with van der Waals surface area (Å²) in [5.74, 6) is 0.954. The van der Waals surface area contributed by atoms with E-state index in [1.807, 2.05) is 109 Å². The average Bonchev–Trinajstić information content (AvgIpc) is 3.34. The summed E-state index contributed by atoms with van der Waals surface area (Å²) in [6.45, 7) is 2.18. The number of rotatable bonds is 8. The molecule has 1 amide bonds. The third-order valence-electron chi connectivity index (χ3n) is 7.22. The molecule has 1 atom stereocenters. The van der Waals surface area contributed by atoms with E-state index in [0.29, 0.717) is 44.4 Å². The topological polar surface area (TPSA) is 81.9 Å². The maximum Gasteiger partial charge on any atom is 0.271 e. The van der Waals surface area contributed by atoms with Crippen molar-refractivity contribution in [2.24, 2.45) is 4.99 Å². The number of amides is 1. The Balaban J connectivity index is 1.43. The minimum Gasteiger partial charge on any atom is -0.497 e. The van der Waals surface area contributed by atoms with Crippen LogP contribution in [0, 0.1) is 0 Å². The van der Waals surface area contributed by atoms with E-state index < -0.39 is 6.04 Å². The van der Waals surface area contributed by atoms with Crippen molar-refractivity contribution in [1.29, 1.82) is 0 Å². The van der Waals surface area contributed by atoms with Gasteiger partial charge in [-0.15, -0.1) is 0 Å². The lowest BCUT2D eigenvalue weighted by molar-refractivity contribution is -0.113. The Hall–Kier alpha value is -4.73. The summed E-state index contributed by atoms with van der Waals surface area (Å²) in [5.41, 5.74) is 3.86. The zero-order chi connectivity index (χ0) is 30.6. The number of hydrogen-bond donors (Lipinski definition) is 1. The third kappa shape index (κ3) is 6.15. The normalized spacial score (nSPS) is 14.5. The smallest absolute Gasteiger partial charge is 0.271 e. The predicted octanol–water partition coefficient (Wildman–Crippen LogP) is 6.22. The molecule has 0 saturated carbocycles.